The maximum atomic E-state index is 13.1. The molecule has 142 valence electrons. The van der Waals surface area contributed by atoms with E-state index >= 15 is 0 Å². The number of aryl methyl sites for hydroxylation is 1. The molecular weight excluding hydrogens is 352 g/mol. The van der Waals surface area contributed by atoms with Crippen LogP contribution >= 0.6 is 12.4 Å². The molecule has 1 aromatic rings. The highest BCUT2D eigenvalue weighted by Crippen LogP contribution is 2.48. The van der Waals surface area contributed by atoms with Crippen molar-refractivity contribution in [1.82, 2.24) is 4.90 Å². The number of anilines is 1. The molecule has 1 saturated carbocycles. The molecule has 3 atom stereocenters. The SMILES string of the molecule is CC1CCc2ccccc2N1C(=O)CN1C[C@@H]2CCC[C@@]2(C(=O)O)C1.Cl. The fourth-order valence-corrected chi connectivity index (χ4v) is 5.20. The number of rotatable bonds is 3. The van der Waals surface area contributed by atoms with Gasteiger partial charge in [0.25, 0.3) is 0 Å². The van der Waals surface area contributed by atoms with Crippen LogP contribution in [0.25, 0.3) is 0 Å². The number of hydrogen-bond acceptors (Lipinski definition) is 3. The molecule has 2 aliphatic heterocycles. The first-order chi connectivity index (χ1) is 12.0. The van der Waals surface area contributed by atoms with Gasteiger partial charge in [0.2, 0.25) is 5.91 Å². The van der Waals surface area contributed by atoms with Crippen molar-refractivity contribution in [3.63, 3.8) is 0 Å². The van der Waals surface area contributed by atoms with Crippen LogP contribution in [-0.2, 0) is 16.0 Å². The average molecular weight is 379 g/mol. The number of amides is 1. The molecule has 0 bridgehead atoms. The monoisotopic (exact) mass is 378 g/mol. The van der Waals surface area contributed by atoms with Crippen molar-refractivity contribution in [2.24, 2.45) is 11.3 Å². The van der Waals surface area contributed by atoms with E-state index in [9.17, 15) is 14.7 Å². The lowest BCUT2D eigenvalue weighted by Gasteiger charge is -2.36. The number of carbonyl (C=O) groups is 2. The second-order valence-corrected chi connectivity index (χ2v) is 8.00. The maximum absolute atomic E-state index is 13.1. The van der Waals surface area contributed by atoms with Crippen molar-refractivity contribution >= 4 is 30.0 Å². The zero-order chi connectivity index (χ0) is 17.6. The van der Waals surface area contributed by atoms with Gasteiger partial charge >= 0.3 is 5.97 Å². The molecule has 1 unspecified atom stereocenters. The first-order valence-electron chi connectivity index (χ1n) is 9.37. The summed E-state index contributed by atoms with van der Waals surface area (Å²) in [5, 5.41) is 9.73. The van der Waals surface area contributed by atoms with Gasteiger partial charge in [-0.05, 0) is 50.2 Å². The minimum absolute atomic E-state index is 0. The van der Waals surface area contributed by atoms with E-state index in [4.69, 9.17) is 0 Å². The molecular formula is C20H27ClN2O3. The molecule has 3 aliphatic rings. The summed E-state index contributed by atoms with van der Waals surface area (Å²) in [5.41, 5.74) is 1.64. The Morgan fingerprint density at radius 2 is 2.04 bits per heavy atom. The lowest BCUT2D eigenvalue weighted by atomic mass is 9.81. The molecule has 0 spiro atoms. The van der Waals surface area contributed by atoms with E-state index in [0.717, 1.165) is 44.3 Å². The molecule has 2 heterocycles. The summed E-state index contributed by atoms with van der Waals surface area (Å²) < 4.78 is 0. The summed E-state index contributed by atoms with van der Waals surface area (Å²) in [6.45, 7) is 3.68. The molecule has 6 heteroatoms. The number of nitrogens with zero attached hydrogens (tertiary/aromatic N) is 2. The summed E-state index contributed by atoms with van der Waals surface area (Å²) in [6.07, 6.45) is 4.70. The third kappa shape index (κ3) is 3.01. The van der Waals surface area contributed by atoms with Gasteiger partial charge in [-0.2, -0.15) is 0 Å². The zero-order valence-corrected chi connectivity index (χ0v) is 16.0. The topological polar surface area (TPSA) is 60.9 Å². The van der Waals surface area contributed by atoms with Crippen molar-refractivity contribution in [2.45, 2.75) is 45.1 Å². The highest BCUT2D eigenvalue weighted by atomic mass is 35.5. The van der Waals surface area contributed by atoms with Crippen molar-refractivity contribution in [3.8, 4) is 0 Å². The molecule has 1 aliphatic carbocycles. The van der Waals surface area contributed by atoms with Crippen molar-refractivity contribution in [2.75, 3.05) is 24.5 Å². The zero-order valence-electron chi connectivity index (χ0n) is 15.2. The lowest BCUT2D eigenvalue weighted by Crippen LogP contribution is -2.47. The number of halogens is 1. The summed E-state index contributed by atoms with van der Waals surface area (Å²) >= 11 is 0. The number of hydrogen-bond donors (Lipinski definition) is 1. The van der Waals surface area contributed by atoms with Gasteiger partial charge in [0.05, 0.1) is 12.0 Å². The van der Waals surface area contributed by atoms with Gasteiger partial charge < -0.3 is 10.0 Å². The smallest absolute Gasteiger partial charge is 0.311 e. The number of para-hydroxylation sites is 1. The number of fused-ring (bicyclic) bond motifs is 2. The molecule has 1 N–H and O–H groups in total. The highest BCUT2D eigenvalue weighted by Gasteiger charge is 2.55. The second-order valence-electron chi connectivity index (χ2n) is 8.00. The Morgan fingerprint density at radius 1 is 1.27 bits per heavy atom. The number of carboxylic acids is 1. The predicted octanol–water partition coefficient (Wildman–Crippen LogP) is 2.96. The van der Waals surface area contributed by atoms with Gasteiger partial charge in [0, 0.05) is 24.8 Å². The molecule has 5 nitrogen and oxygen atoms in total. The van der Waals surface area contributed by atoms with E-state index in [2.05, 4.69) is 17.9 Å². The summed E-state index contributed by atoms with van der Waals surface area (Å²) in [6, 6.07) is 8.33. The molecule has 1 aromatic carbocycles. The largest absolute Gasteiger partial charge is 0.481 e. The molecule has 0 radical (unpaired) electrons. The van der Waals surface area contributed by atoms with Gasteiger partial charge in [-0.15, -0.1) is 12.4 Å². The Morgan fingerprint density at radius 3 is 2.77 bits per heavy atom. The van der Waals surface area contributed by atoms with E-state index in [0.29, 0.717) is 13.1 Å². The number of carboxylic acid groups (broad SMARTS) is 1. The van der Waals surface area contributed by atoms with Crippen LogP contribution in [0.3, 0.4) is 0 Å². The third-order valence-corrected chi connectivity index (χ3v) is 6.52. The van der Waals surface area contributed by atoms with E-state index in [1.54, 1.807) is 0 Å². The van der Waals surface area contributed by atoms with Crippen LogP contribution in [0.1, 0.15) is 38.2 Å². The van der Waals surface area contributed by atoms with Crippen molar-refractivity contribution in [1.29, 1.82) is 0 Å². The average Bonchev–Trinajstić information content (AvgIpc) is 3.12. The predicted molar refractivity (Wildman–Crippen MR) is 103 cm³/mol. The number of aliphatic carboxylic acids is 1. The molecule has 4 rings (SSSR count). The van der Waals surface area contributed by atoms with Crippen LogP contribution in [0.2, 0.25) is 0 Å². The van der Waals surface area contributed by atoms with Gasteiger partial charge in [-0.1, -0.05) is 24.6 Å². The summed E-state index contributed by atoms with van der Waals surface area (Å²) in [7, 11) is 0. The fraction of sp³-hybridized carbons (Fsp3) is 0.600. The number of benzene rings is 1. The quantitative estimate of drug-likeness (QED) is 0.878. The lowest BCUT2D eigenvalue weighted by molar-refractivity contribution is -0.149. The van der Waals surface area contributed by atoms with E-state index in [1.165, 1.54) is 5.56 Å². The first-order valence-corrected chi connectivity index (χ1v) is 9.37. The van der Waals surface area contributed by atoms with Crippen molar-refractivity contribution in [3.05, 3.63) is 29.8 Å². The van der Waals surface area contributed by atoms with Crippen LogP contribution in [0, 0.1) is 11.3 Å². The van der Waals surface area contributed by atoms with Crippen LogP contribution < -0.4 is 4.90 Å². The second kappa shape index (κ2) is 7.20. The van der Waals surface area contributed by atoms with Gasteiger partial charge in [0.1, 0.15) is 0 Å². The van der Waals surface area contributed by atoms with Crippen LogP contribution in [-0.4, -0.2) is 47.6 Å². The van der Waals surface area contributed by atoms with Crippen molar-refractivity contribution < 1.29 is 14.7 Å². The van der Waals surface area contributed by atoms with Crippen LogP contribution in [0.5, 0.6) is 0 Å². The Bertz CT molecular complexity index is 710. The third-order valence-electron chi connectivity index (χ3n) is 6.52. The fourth-order valence-electron chi connectivity index (χ4n) is 5.20. The minimum Gasteiger partial charge on any atom is -0.481 e. The van der Waals surface area contributed by atoms with Crippen LogP contribution in [0.4, 0.5) is 5.69 Å². The summed E-state index contributed by atoms with van der Waals surface area (Å²) in [5.74, 6) is -0.384. The number of carbonyl (C=O) groups excluding carboxylic acids is 1. The standard InChI is InChI=1S/C20H26N2O3.ClH/c1-14-8-9-15-5-2-3-7-17(15)22(14)18(23)12-21-11-16-6-4-10-20(16,13-21)19(24)25;/h2-3,5,7,14,16H,4,6,8-13H2,1H3,(H,24,25);1H/t14?,16-,20+;/m0./s1. The maximum Gasteiger partial charge on any atom is 0.311 e. The highest BCUT2D eigenvalue weighted by molar-refractivity contribution is 5.96. The Hall–Kier alpha value is -1.59. The van der Waals surface area contributed by atoms with E-state index < -0.39 is 11.4 Å². The molecule has 2 fully saturated rings. The van der Waals surface area contributed by atoms with E-state index in [-0.39, 0.29) is 30.3 Å². The first kappa shape index (κ1) is 19.2. The molecule has 1 saturated heterocycles. The van der Waals surface area contributed by atoms with Gasteiger partial charge in [0.15, 0.2) is 0 Å². The Labute approximate surface area is 160 Å². The van der Waals surface area contributed by atoms with Gasteiger partial charge in [-0.3, -0.25) is 14.5 Å². The number of likely N-dealkylation sites (tertiary alicyclic amines) is 1. The minimum atomic E-state index is -0.679. The van der Waals surface area contributed by atoms with Gasteiger partial charge in [-0.25, -0.2) is 0 Å². The van der Waals surface area contributed by atoms with E-state index in [1.807, 2.05) is 23.1 Å². The summed E-state index contributed by atoms with van der Waals surface area (Å²) in [4.78, 5) is 28.9. The molecule has 26 heavy (non-hydrogen) atoms. The van der Waals surface area contributed by atoms with Crippen LogP contribution in [0.15, 0.2) is 24.3 Å². The molecule has 1 amide bonds. The Kier molecular flexibility index (Phi) is 5.31. The Balaban J connectivity index is 0.00000196. The normalized spacial score (nSPS) is 30.4. The molecule has 0 aromatic heterocycles.